The van der Waals surface area contributed by atoms with Crippen molar-refractivity contribution in [2.24, 2.45) is 0 Å². The minimum atomic E-state index is -0.183. The number of halogens is 1. The average molecular weight is 323 g/mol. The third-order valence-corrected chi connectivity index (χ3v) is 4.50. The fourth-order valence-electron chi connectivity index (χ4n) is 3.13. The van der Waals surface area contributed by atoms with E-state index in [0.717, 1.165) is 32.6 Å². The summed E-state index contributed by atoms with van der Waals surface area (Å²) in [6.07, 6.45) is 5.82. The molecule has 2 aliphatic rings. The van der Waals surface area contributed by atoms with E-state index < -0.39 is 0 Å². The van der Waals surface area contributed by atoms with Crippen molar-refractivity contribution >= 4 is 18.3 Å². The number of hydrogen-bond acceptors (Lipinski definition) is 3. The van der Waals surface area contributed by atoms with Crippen LogP contribution in [0, 0.1) is 0 Å². The lowest BCUT2D eigenvalue weighted by Gasteiger charge is -2.38. The summed E-state index contributed by atoms with van der Waals surface area (Å²) >= 11 is 0. The average Bonchev–Trinajstić information content (AvgIpc) is 3.09. The zero-order valence-corrected chi connectivity index (χ0v) is 13.4. The van der Waals surface area contributed by atoms with Crippen LogP contribution in [0.4, 0.5) is 0 Å². The van der Waals surface area contributed by atoms with Gasteiger partial charge in [-0.1, -0.05) is 42.5 Å². The molecular weight excluding hydrogens is 300 g/mol. The van der Waals surface area contributed by atoms with Crippen molar-refractivity contribution in [2.45, 2.75) is 24.3 Å². The van der Waals surface area contributed by atoms with Crippen molar-refractivity contribution in [3.8, 4) is 0 Å². The van der Waals surface area contributed by atoms with Crippen LogP contribution in [0.2, 0.25) is 0 Å². The highest BCUT2D eigenvalue weighted by atomic mass is 35.5. The SMILES string of the molecule is Cl.O=C(NCC1(c2ccccc2)CCOCC1)C1C=CCN1. The van der Waals surface area contributed by atoms with Crippen LogP contribution in [0.15, 0.2) is 42.5 Å². The quantitative estimate of drug-likeness (QED) is 0.831. The third kappa shape index (κ3) is 3.69. The van der Waals surface area contributed by atoms with Crippen molar-refractivity contribution in [1.29, 1.82) is 0 Å². The van der Waals surface area contributed by atoms with Gasteiger partial charge in [0.15, 0.2) is 0 Å². The van der Waals surface area contributed by atoms with Crippen LogP contribution in [-0.2, 0) is 14.9 Å². The van der Waals surface area contributed by atoms with E-state index in [2.05, 4.69) is 34.9 Å². The highest BCUT2D eigenvalue weighted by Gasteiger charge is 2.35. The molecule has 2 heterocycles. The summed E-state index contributed by atoms with van der Waals surface area (Å²) in [5.74, 6) is 0.0607. The monoisotopic (exact) mass is 322 g/mol. The Morgan fingerprint density at radius 3 is 2.64 bits per heavy atom. The number of carbonyl (C=O) groups excluding carboxylic acids is 1. The molecule has 0 bridgehead atoms. The lowest BCUT2D eigenvalue weighted by Crippen LogP contribution is -2.48. The Morgan fingerprint density at radius 2 is 2.00 bits per heavy atom. The highest BCUT2D eigenvalue weighted by Crippen LogP contribution is 2.34. The molecule has 0 aliphatic carbocycles. The zero-order chi connectivity index (χ0) is 14.5. The number of carbonyl (C=O) groups is 1. The van der Waals surface area contributed by atoms with E-state index in [9.17, 15) is 4.79 Å². The molecule has 1 aromatic rings. The molecule has 2 N–H and O–H groups in total. The first kappa shape index (κ1) is 17.0. The van der Waals surface area contributed by atoms with E-state index in [1.807, 2.05) is 18.2 Å². The Hall–Kier alpha value is -1.36. The molecule has 0 spiro atoms. The van der Waals surface area contributed by atoms with Gasteiger partial charge in [-0.05, 0) is 18.4 Å². The van der Waals surface area contributed by atoms with Crippen LogP contribution in [0.3, 0.4) is 0 Å². The normalized spacial score (nSPS) is 22.8. The molecule has 120 valence electrons. The number of ether oxygens (including phenoxy) is 1. The topological polar surface area (TPSA) is 50.4 Å². The van der Waals surface area contributed by atoms with Gasteiger partial charge in [-0.15, -0.1) is 12.4 Å². The predicted molar refractivity (Wildman–Crippen MR) is 89.4 cm³/mol. The van der Waals surface area contributed by atoms with E-state index in [4.69, 9.17) is 4.74 Å². The predicted octanol–water partition coefficient (Wildman–Crippen LogP) is 1.80. The van der Waals surface area contributed by atoms with Gasteiger partial charge in [0.05, 0.1) is 0 Å². The maximum Gasteiger partial charge on any atom is 0.241 e. The molecule has 1 atom stereocenters. The van der Waals surface area contributed by atoms with Crippen molar-refractivity contribution in [2.75, 3.05) is 26.3 Å². The molecule has 5 heteroatoms. The van der Waals surface area contributed by atoms with Gasteiger partial charge < -0.3 is 10.1 Å². The summed E-state index contributed by atoms with van der Waals surface area (Å²) in [6.45, 7) is 2.96. The zero-order valence-electron chi connectivity index (χ0n) is 12.6. The molecule has 22 heavy (non-hydrogen) atoms. The Bertz CT molecular complexity index is 513. The van der Waals surface area contributed by atoms with Crippen LogP contribution < -0.4 is 10.6 Å². The second kappa shape index (κ2) is 7.77. The molecule has 4 nitrogen and oxygen atoms in total. The van der Waals surface area contributed by atoms with Gasteiger partial charge in [-0.25, -0.2) is 0 Å². The largest absolute Gasteiger partial charge is 0.381 e. The van der Waals surface area contributed by atoms with Crippen molar-refractivity contribution in [1.82, 2.24) is 10.6 Å². The lowest BCUT2D eigenvalue weighted by molar-refractivity contribution is -0.122. The molecule has 1 saturated heterocycles. The number of hydrogen-bond donors (Lipinski definition) is 2. The van der Waals surface area contributed by atoms with Gasteiger partial charge >= 0.3 is 0 Å². The number of nitrogens with one attached hydrogen (secondary N) is 2. The summed E-state index contributed by atoms with van der Waals surface area (Å²) < 4.78 is 5.52. The van der Waals surface area contributed by atoms with E-state index in [1.165, 1.54) is 5.56 Å². The fourth-order valence-corrected chi connectivity index (χ4v) is 3.13. The Balaban J connectivity index is 0.00000176. The molecule has 1 unspecified atom stereocenters. The van der Waals surface area contributed by atoms with E-state index in [-0.39, 0.29) is 29.8 Å². The van der Waals surface area contributed by atoms with Crippen molar-refractivity contribution < 1.29 is 9.53 Å². The minimum Gasteiger partial charge on any atom is -0.381 e. The van der Waals surface area contributed by atoms with Gasteiger partial charge in [0, 0.05) is 31.7 Å². The standard InChI is InChI=1S/C17H22N2O2.ClH/c20-16(15-7-4-10-18-15)19-13-17(8-11-21-12-9-17)14-5-2-1-3-6-14;/h1-7,15,18H,8-13H2,(H,19,20);1H. The first-order valence-corrected chi connectivity index (χ1v) is 7.61. The van der Waals surface area contributed by atoms with E-state index in [1.54, 1.807) is 0 Å². The Labute approximate surface area is 137 Å². The molecule has 2 aliphatic heterocycles. The van der Waals surface area contributed by atoms with Gasteiger partial charge in [0.2, 0.25) is 5.91 Å². The summed E-state index contributed by atoms with van der Waals surface area (Å²) in [5.41, 5.74) is 1.29. The smallest absolute Gasteiger partial charge is 0.241 e. The molecule has 1 aromatic carbocycles. The maximum absolute atomic E-state index is 12.2. The van der Waals surface area contributed by atoms with Crippen LogP contribution in [-0.4, -0.2) is 38.3 Å². The maximum atomic E-state index is 12.2. The summed E-state index contributed by atoms with van der Waals surface area (Å²) in [7, 11) is 0. The summed E-state index contributed by atoms with van der Waals surface area (Å²) in [4.78, 5) is 12.2. The van der Waals surface area contributed by atoms with Gasteiger partial charge in [-0.3, -0.25) is 10.1 Å². The Morgan fingerprint density at radius 1 is 1.27 bits per heavy atom. The minimum absolute atomic E-state index is 0. The van der Waals surface area contributed by atoms with Crippen LogP contribution >= 0.6 is 12.4 Å². The van der Waals surface area contributed by atoms with Crippen LogP contribution in [0.5, 0.6) is 0 Å². The number of rotatable bonds is 4. The number of benzene rings is 1. The highest BCUT2D eigenvalue weighted by molar-refractivity contribution is 5.85. The molecule has 0 radical (unpaired) electrons. The Kier molecular flexibility index (Phi) is 6.00. The summed E-state index contributed by atoms with van der Waals surface area (Å²) in [6, 6.07) is 10.3. The first-order chi connectivity index (χ1) is 10.3. The molecular formula is C17H23ClN2O2. The molecule has 0 aromatic heterocycles. The second-order valence-corrected chi connectivity index (χ2v) is 5.79. The summed E-state index contributed by atoms with van der Waals surface area (Å²) in [5, 5.41) is 6.27. The van der Waals surface area contributed by atoms with Gasteiger partial charge in [0.25, 0.3) is 0 Å². The van der Waals surface area contributed by atoms with Gasteiger partial charge in [-0.2, -0.15) is 0 Å². The second-order valence-electron chi connectivity index (χ2n) is 5.79. The van der Waals surface area contributed by atoms with E-state index >= 15 is 0 Å². The lowest BCUT2D eigenvalue weighted by atomic mass is 9.74. The molecule has 3 rings (SSSR count). The third-order valence-electron chi connectivity index (χ3n) is 4.50. The van der Waals surface area contributed by atoms with E-state index in [0.29, 0.717) is 6.54 Å². The molecule has 0 saturated carbocycles. The fraction of sp³-hybridized carbons (Fsp3) is 0.471. The van der Waals surface area contributed by atoms with Crippen molar-refractivity contribution in [3.63, 3.8) is 0 Å². The molecule has 1 amide bonds. The first-order valence-electron chi connectivity index (χ1n) is 7.61. The van der Waals surface area contributed by atoms with Crippen LogP contribution in [0.1, 0.15) is 18.4 Å². The van der Waals surface area contributed by atoms with Crippen LogP contribution in [0.25, 0.3) is 0 Å². The van der Waals surface area contributed by atoms with Crippen molar-refractivity contribution in [3.05, 3.63) is 48.0 Å². The van der Waals surface area contributed by atoms with Gasteiger partial charge in [0.1, 0.15) is 6.04 Å². The number of amides is 1. The molecule has 1 fully saturated rings.